The Hall–Kier alpha value is -2.44. The number of aliphatic hydroxyl groups excluding tert-OH is 2. The summed E-state index contributed by atoms with van der Waals surface area (Å²) >= 11 is 0. The largest absolute Gasteiger partial charge is 0.462 e. The Kier molecular flexibility index (Phi) is 16.6. The van der Waals surface area contributed by atoms with Gasteiger partial charge in [-0.25, -0.2) is 9.59 Å². The van der Waals surface area contributed by atoms with E-state index in [2.05, 4.69) is 44.3 Å². The maximum absolute atomic E-state index is 12.4. The van der Waals surface area contributed by atoms with E-state index in [1.807, 2.05) is 0 Å². The molecule has 2 aliphatic rings. The number of carbonyl (C=O) groups is 2. The third-order valence-electron chi connectivity index (χ3n) is 10.4. The van der Waals surface area contributed by atoms with Crippen molar-refractivity contribution in [3.8, 4) is 0 Å². The minimum Gasteiger partial charge on any atom is -0.462 e. The highest BCUT2D eigenvalue weighted by molar-refractivity contribution is 5.88. The van der Waals surface area contributed by atoms with Gasteiger partial charge >= 0.3 is 11.9 Å². The van der Waals surface area contributed by atoms with E-state index in [-0.39, 0.29) is 43.1 Å². The molecule has 0 heterocycles. The SMILES string of the molecule is C=C(CC(C)O)C(=O)OCC(CCc1ccc(C2CCC(C3CCC(CCCCC)CC3)CC2)cc1)COC(=O)C(=C)CC(C)O. The quantitative estimate of drug-likeness (QED) is 0.0895. The lowest BCUT2D eigenvalue weighted by Gasteiger charge is -2.38. The summed E-state index contributed by atoms with van der Waals surface area (Å²) in [5.74, 6) is 2.18. The van der Waals surface area contributed by atoms with Gasteiger partial charge in [-0.1, -0.05) is 82.9 Å². The van der Waals surface area contributed by atoms with Gasteiger partial charge in [-0.05, 0) is 100 Å². The molecule has 0 amide bonds. The average Bonchev–Trinajstić information content (AvgIpc) is 3.04. The Morgan fingerprint density at radius 2 is 1.28 bits per heavy atom. The van der Waals surface area contributed by atoms with Crippen molar-refractivity contribution < 1.29 is 29.3 Å². The zero-order valence-corrected chi connectivity index (χ0v) is 29.0. The number of benzene rings is 1. The summed E-state index contributed by atoms with van der Waals surface area (Å²) in [6.45, 7) is 13.1. The summed E-state index contributed by atoms with van der Waals surface area (Å²) in [6.07, 6.45) is 17.1. The molecule has 1 aromatic carbocycles. The second-order valence-electron chi connectivity index (χ2n) is 14.5. The number of ether oxygens (including phenoxy) is 2. The molecule has 6 nitrogen and oxygen atoms in total. The molecule has 0 saturated heterocycles. The van der Waals surface area contributed by atoms with Crippen LogP contribution in [0.5, 0.6) is 0 Å². The van der Waals surface area contributed by atoms with Crippen LogP contribution in [0.15, 0.2) is 48.6 Å². The number of unbranched alkanes of at least 4 members (excludes halogenated alkanes) is 2. The van der Waals surface area contributed by atoms with Gasteiger partial charge in [0.25, 0.3) is 0 Å². The summed E-state index contributed by atoms with van der Waals surface area (Å²) in [5.41, 5.74) is 3.07. The number of rotatable bonds is 19. The van der Waals surface area contributed by atoms with E-state index >= 15 is 0 Å². The molecule has 258 valence electrons. The van der Waals surface area contributed by atoms with Gasteiger partial charge in [0.15, 0.2) is 0 Å². The second-order valence-corrected chi connectivity index (χ2v) is 14.5. The number of esters is 2. The van der Waals surface area contributed by atoms with Crippen LogP contribution < -0.4 is 0 Å². The first-order chi connectivity index (χ1) is 22.0. The monoisotopic (exact) mass is 638 g/mol. The molecule has 0 radical (unpaired) electrons. The molecule has 2 aliphatic carbocycles. The molecule has 46 heavy (non-hydrogen) atoms. The summed E-state index contributed by atoms with van der Waals surface area (Å²) in [7, 11) is 0. The van der Waals surface area contributed by atoms with Crippen molar-refractivity contribution >= 4 is 11.9 Å². The Morgan fingerprint density at radius 1 is 0.783 bits per heavy atom. The van der Waals surface area contributed by atoms with Crippen LogP contribution in [-0.2, 0) is 25.5 Å². The van der Waals surface area contributed by atoms with Crippen molar-refractivity contribution in [2.45, 2.75) is 142 Å². The lowest BCUT2D eigenvalue weighted by molar-refractivity contribution is -0.144. The standard InChI is InChI=1S/C40H62O6/c1-6-7-8-9-32-12-16-35(17-13-32)37-20-22-38(23-21-37)36-18-14-33(15-19-36)10-11-34(26-45-39(43)28(2)24-30(4)41)27-46-40(44)29(3)25-31(5)42/h14-15,18-19,30-32,34-35,37-38,41-42H,2-3,6-13,16-17,20-27H2,1,4-5H3. The third-order valence-corrected chi connectivity index (χ3v) is 10.4. The Balaban J connectivity index is 1.47. The van der Waals surface area contributed by atoms with Gasteiger partial charge in [-0.3, -0.25) is 0 Å². The predicted octanol–water partition coefficient (Wildman–Crippen LogP) is 8.64. The van der Waals surface area contributed by atoms with Crippen LogP contribution in [-0.4, -0.2) is 47.6 Å². The molecular formula is C40H62O6. The van der Waals surface area contributed by atoms with Crippen LogP contribution in [0.4, 0.5) is 0 Å². The number of aryl methyl sites for hydroxylation is 1. The van der Waals surface area contributed by atoms with Gasteiger partial charge in [0.2, 0.25) is 0 Å². The topological polar surface area (TPSA) is 93.1 Å². The molecule has 1 aromatic rings. The van der Waals surface area contributed by atoms with E-state index in [4.69, 9.17) is 9.47 Å². The molecule has 6 heteroatoms. The highest BCUT2D eigenvalue weighted by Gasteiger charge is 2.31. The van der Waals surface area contributed by atoms with Crippen LogP contribution >= 0.6 is 0 Å². The van der Waals surface area contributed by atoms with Crippen molar-refractivity contribution in [2.75, 3.05) is 13.2 Å². The summed E-state index contributed by atoms with van der Waals surface area (Å²) < 4.78 is 11.0. The van der Waals surface area contributed by atoms with Gasteiger partial charge in [0, 0.05) is 29.9 Å². The number of hydrogen-bond donors (Lipinski definition) is 2. The van der Waals surface area contributed by atoms with Crippen LogP contribution in [0.1, 0.15) is 134 Å². The minimum atomic E-state index is -0.681. The fourth-order valence-corrected chi connectivity index (χ4v) is 7.57. The molecular weight excluding hydrogens is 576 g/mol. The summed E-state index contributed by atoms with van der Waals surface area (Å²) in [5, 5.41) is 19.1. The first-order valence-electron chi connectivity index (χ1n) is 18.2. The maximum Gasteiger partial charge on any atom is 0.333 e. The Bertz CT molecular complexity index is 1040. The summed E-state index contributed by atoms with van der Waals surface area (Å²) in [6, 6.07) is 9.00. The van der Waals surface area contributed by atoms with Gasteiger partial charge in [-0.15, -0.1) is 0 Å². The first-order valence-corrected chi connectivity index (χ1v) is 18.2. The van der Waals surface area contributed by atoms with Gasteiger partial charge in [0.05, 0.1) is 25.4 Å². The zero-order chi connectivity index (χ0) is 33.5. The molecule has 0 bridgehead atoms. The Morgan fingerprint density at radius 3 is 1.76 bits per heavy atom. The smallest absolute Gasteiger partial charge is 0.333 e. The van der Waals surface area contributed by atoms with E-state index in [9.17, 15) is 19.8 Å². The van der Waals surface area contributed by atoms with Crippen molar-refractivity contribution in [1.29, 1.82) is 0 Å². The normalized spacial score (nSPS) is 23.6. The summed E-state index contributed by atoms with van der Waals surface area (Å²) in [4.78, 5) is 24.8. The molecule has 0 spiro atoms. The fourth-order valence-electron chi connectivity index (χ4n) is 7.57. The molecule has 2 N–H and O–H groups in total. The minimum absolute atomic E-state index is 0.0790. The van der Waals surface area contributed by atoms with Crippen LogP contribution in [0.2, 0.25) is 0 Å². The third kappa shape index (κ3) is 13.4. The molecule has 0 aromatic heterocycles. The second kappa shape index (κ2) is 20.0. The highest BCUT2D eigenvalue weighted by Crippen LogP contribution is 2.44. The molecule has 2 atom stereocenters. The zero-order valence-electron chi connectivity index (χ0n) is 29.0. The van der Waals surface area contributed by atoms with E-state index in [0.29, 0.717) is 12.3 Å². The van der Waals surface area contributed by atoms with Crippen LogP contribution in [0, 0.1) is 23.7 Å². The lowest BCUT2D eigenvalue weighted by atomic mass is 9.68. The Labute approximate surface area is 279 Å². The van der Waals surface area contributed by atoms with Gasteiger partial charge in [0.1, 0.15) is 0 Å². The number of carbonyl (C=O) groups excluding carboxylic acids is 2. The molecule has 2 fully saturated rings. The van der Waals surface area contributed by atoms with E-state index in [1.165, 1.54) is 88.2 Å². The van der Waals surface area contributed by atoms with Crippen molar-refractivity contribution in [3.05, 3.63) is 59.7 Å². The van der Waals surface area contributed by atoms with Gasteiger partial charge < -0.3 is 19.7 Å². The molecule has 2 saturated carbocycles. The molecule has 0 aliphatic heterocycles. The predicted molar refractivity (Wildman–Crippen MR) is 185 cm³/mol. The van der Waals surface area contributed by atoms with Crippen molar-refractivity contribution in [2.24, 2.45) is 23.7 Å². The van der Waals surface area contributed by atoms with Crippen molar-refractivity contribution in [3.63, 3.8) is 0 Å². The average molecular weight is 639 g/mol. The van der Waals surface area contributed by atoms with E-state index < -0.39 is 24.1 Å². The first kappa shape index (κ1) is 38.0. The van der Waals surface area contributed by atoms with Crippen LogP contribution in [0.3, 0.4) is 0 Å². The van der Waals surface area contributed by atoms with Crippen LogP contribution in [0.25, 0.3) is 0 Å². The number of aliphatic hydroxyl groups is 2. The fraction of sp³-hybridized carbons (Fsp3) is 0.700. The lowest BCUT2D eigenvalue weighted by Crippen LogP contribution is -2.25. The highest BCUT2D eigenvalue weighted by atomic mass is 16.5. The van der Waals surface area contributed by atoms with Gasteiger partial charge in [-0.2, -0.15) is 0 Å². The van der Waals surface area contributed by atoms with E-state index in [1.54, 1.807) is 13.8 Å². The van der Waals surface area contributed by atoms with Crippen molar-refractivity contribution in [1.82, 2.24) is 0 Å². The van der Waals surface area contributed by atoms with E-state index in [0.717, 1.165) is 24.2 Å². The number of hydrogen-bond acceptors (Lipinski definition) is 6. The molecule has 2 unspecified atom stereocenters. The molecule has 3 rings (SSSR count). The maximum atomic E-state index is 12.4.